The number of hydrogen-bond donors (Lipinski definition) is 3. The molecule has 29 heavy (non-hydrogen) atoms. The summed E-state index contributed by atoms with van der Waals surface area (Å²) in [7, 11) is 0. The summed E-state index contributed by atoms with van der Waals surface area (Å²) < 4.78 is 26.2. The van der Waals surface area contributed by atoms with E-state index in [1.165, 1.54) is 10.9 Å². The molecule has 0 fully saturated rings. The van der Waals surface area contributed by atoms with Crippen LogP contribution in [0, 0.1) is 0 Å². The molecular weight excluding hydrogens is 420 g/mol. The molecule has 6 nitrogen and oxygen atoms in total. The van der Waals surface area contributed by atoms with Crippen molar-refractivity contribution < 1.29 is 13.6 Å². The molecule has 2 aromatic carbocycles. The summed E-state index contributed by atoms with van der Waals surface area (Å²) in [4.78, 5) is 13.0. The summed E-state index contributed by atoms with van der Waals surface area (Å²) in [5.74, 6) is -0.212. The maximum Gasteiger partial charge on any atom is 0.255 e. The summed E-state index contributed by atoms with van der Waals surface area (Å²) in [6, 6.07) is 12.3. The Morgan fingerprint density at radius 3 is 2.76 bits per heavy atom. The summed E-state index contributed by atoms with van der Waals surface area (Å²) in [5.41, 5.74) is 2.43. The second-order valence-electron chi connectivity index (χ2n) is 6.06. The molecule has 0 aliphatic rings. The van der Waals surface area contributed by atoms with Gasteiger partial charge in [-0.1, -0.05) is 29.8 Å². The summed E-state index contributed by atoms with van der Waals surface area (Å²) in [6.07, 6.45) is 0.729. The zero-order valence-corrected chi connectivity index (χ0v) is 16.7. The normalized spacial score (nSPS) is 10.9. The SMILES string of the molecule is NSc1cc(NC(=O)Cc2ccccc2Cl)ccc1-n1cc(NCC(F)F)cn1. The highest BCUT2D eigenvalue weighted by atomic mass is 35.5. The van der Waals surface area contributed by atoms with Crippen LogP contribution in [-0.4, -0.2) is 28.7 Å². The molecular formula is C19H18ClF2N5OS. The Bertz CT molecular complexity index is 998. The number of nitrogens with two attached hydrogens (primary N) is 1. The summed E-state index contributed by atoms with van der Waals surface area (Å²) in [6.45, 7) is -0.458. The van der Waals surface area contributed by atoms with E-state index in [0.29, 0.717) is 27.0 Å². The van der Waals surface area contributed by atoms with Gasteiger partial charge in [0.1, 0.15) is 0 Å². The zero-order chi connectivity index (χ0) is 20.8. The number of amides is 1. The van der Waals surface area contributed by atoms with Gasteiger partial charge in [0, 0.05) is 10.7 Å². The van der Waals surface area contributed by atoms with E-state index in [1.54, 1.807) is 42.6 Å². The van der Waals surface area contributed by atoms with Gasteiger partial charge in [0.05, 0.1) is 41.6 Å². The van der Waals surface area contributed by atoms with E-state index < -0.39 is 13.0 Å². The van der Waals surface area contributed by atoms with Gasteiger partial charge in [0.25, 0.3) is 6.43 Å². The van der Waals surface area contributed by atoms with E-state index in [4.69, 9.17) is 16.7 Å². The fraction of sp³-hybridized carbons (Fsp3) is 0.158. The average Bonchev–Trinajstić information content (AvgIpc) is 3.17. The molecule has 0 radical (unpaired) electrons. The highest BCUT2D eigenvalue weighted by Crippen LogP contribution is 2.27. The van der Waals surface area contributed by atoms with Crippen LogP contribution in [0.15, 0.2) is 59.8 Å². The molecule has 0 unspecified atom stereocenters. The van der Waals surface area contributed by atoms with Crippen LogP contribution >= 0.6 is 23.5 Å². The van der Waals surface area contributed by atoms with E-state index in [9.17, 15) is 13.6 Å². The Kier molecular flexibility index (Phi) is 7.08. The van der Waals surface area contributed by atoms with Gasteiger partial charge in [-0.3, -0.25) is 9.93 Å². The number of alkyl halides is 2. The standard InChI is InChI=1S/C19H18ClF2N5OS/c20-15-4-2-1-3-12(15)7-19(28)26-13-5-6-16(17(8-13)29-23)27-11-14(9-25-27)24-10-18(21)22/h1-6,8-9,11,18,24H,7,10,23H2,(H,26,28). The number of aromatic nitrogens is 2. The monoisotopic (exact) mass is 437 g/mol. The van der Waals surface area contributed by atoms with Crippen molar-refractivity contribution in [2.75, 3.05) is 17.2 Å². The third-order valence-corrected chi connectivity index (χ3v) is 4.92. The van der Waals surface area contributed by atoms with Crippen LogP contribution < -0.4 is 15.8 Å². The van der Waals surface area contributed by atoms with Crippen LogP contribution in [0.5, 0.6) is 0 Å². The van der Waals surface area contributed by atoms with Crippen molar-refractivity contribution in [1.29, 1.82) is 0 Å². The van der Waals surface area contributed by atoms with Crippen molar-refractivity contribution in [3.63, 3.8) is 0 Å². The van der Waals surface area contributed by atoms with Gasteiger partial charge in [0.2, 0.25) is 5.91 Å². The molecule has 3 rings (SSSR count). The number of nitrogens with zero attached hydrogens (tertiary/aromatic N) is 2. The Morgan fingerprint density at radius 2 is 2.03 bits per heavy atom. The number of hydrogen-bond acceptors (Lipinski definition) is 5. The van der Waals surface area contributed by atoms with Crippen molar-refractivity contribution in [1.82, 2.24) is 9.78 Å². The Balaban J connectivity index is 1.72. The maximum atomic E-state index is 12.3. The lowest BCUT2D eigenvalue weighted by atomic mass is 10.1. The number of carbonyl (C=O) groups excluding carboxylic acids is 1. The quantitative estimate of drug-likeness (QED) is 0.456. The molecule has 1 aromatic heterocycles. The predicted octanol–water partition coefficient (Wildman–Crippen LogP) is 4.35. The number of halogens is 3. The lowest BCUT2D eigenvalue weighted by Crippen LogP contribution is -2.15. The van der Waals surface area contributed by atoms with E-state index in [0.717, 1.165) is 17.5 Å². The molecule has 0 saturated heterocycles. The summed E-state index contributed by atoms with van der Waals surface area (Å²) >= 11 is 7.08. The lowest BCUT2D eigenvalue weighted by molar-refractivity contribution is -0.115. The van der Waals surface area contributed by atoms with Crippen LogP contribution in [0.1, 0.15) is 5.56 Å². The molecule has 0 atom stereocenters. The number of anilines is 2. The molecule has 4 N–H and O–H groups in total. The summed E-state index contributed by atoms with van der Waals surface area (Å²) in [5, 5.41) is 15.9. The molecule has 0 bridgehead atoms. The van der Waals surface area contributed by atoms with Crippen LogP contribution in [-0.2, 0) is 11.2 Å². The van der Waals surface area contributed by atoms with Gasteiger partial charge in [-0.25, -0.2) is 13.5 Å². The van der Waals surface area contributed by atoms with Gasteiger partial charge in [-0.05, 0) is 41.8 Å². The predicted molar refractivity (Wildman–Crippen MR) is 112 cm³/mol. The van der Waals surface area contributed by atoms with E-state index in [1.807, 2.05) is 6.07 Å². The smallest absolute Gasteiger partial charge is 0.255 e. The number of carbonyl (C=O) groups is 1. The van der Waals surface area contributed by atoms with Crippen molar-refractivity contribution >= 4 is 40.8 Å². The van der Waals surface area contributed by atoms with E-state index in [-0.39, 0.29) is 12.3 Å². The van der Waals surface area contributed by atoms with Crippen molar-refractivity contribution in [3.8, 4) is 5.69 Å². The minimum Gasteiger partial charge on any atom is -0.377 e. The van der Waals surface area contributed by atoms with Crippen LogP contribution in [0.25, 0.3) is 5.69 Å². The van der Waals surface area contributed by atoms with Gasteiger partial charge in [-0.2, -0.15) is 5.10 Å². The third-order valence-electron chi connectivity index (χ3n) is 3.97. The maximum absolute atomic E-state index is 12.3. The first-order valence-electron chi connectivity index (χ1n) is 8.57. The Hall–Kier alpha value is -2.62. The molecule has 0 aliphatic carbocycles. The Labute approximate surface area is 175 Å². The largest absolute Gasteiger partial charge is 0.377 e. The minimum absolute atomic E-state index is 0.144. The van der Waals surface area contributed by atoms with Crippen LogP contribution in [0.3, 0.4) is 0 Å². The molecule has 3 aromatic rings. The van der Waals surface area contributed by atoms with Gasteiger partial charge >= 0.3 is 0 Å². The number of benzene rings is 2. The van der Waals surface area contributed by atoms with E-state index in [2.05, 4.69) is 15.7 Å². The third kappa shape index (κ3) is 5.69. The molecule has 152 valence electrons. The molecule has 1 amide bonds. The van der Waals surface area contributed by atoms with E-state index >= 15 is 0 Å². The first-order valence-corrected chi connectivity index (χ1v) is 9.83. The van der Waals surface area contributed by atoms with Crippen molar-refractivity contribution in [2.24, 2.45) is 5.14 Å². The second-order valence-corrected chi connectivity index (χ2v) is 7.15. The topological polar surface area (TPSA) is 85.0 Å². The molecule has 10 heteroatoms. The van der Waals surface area contributed by atoms with Gasteiger partial charge in [0.15, 0.2) is 0 Å². The molecule has 0 aliphatic heterocycles. The van der Waals surface area contributed by atoms with Crippen LogP contribution in [0.2, 0.25) is 5.02 Å². The first-order chi connectivity index (χ1) is 14.0. The highest BCUT2D eigenvalue weighted by molar-refractivity contribution is 7.97. The molecule has 0 spiro atoms. The zero-order valence-electron chi connectivity index (χ0n) is 15.1. The van der Waals surface area contributed by atoms with Crippen LogP contribution in [0.4, 0.5) is 20.2 Å². The van der Waals surface area contributed by atoms with Gasteiger partial charge < -0.3 is 10.6 Å². The average molecular weight is 438 g/mol. The van der Waals surface area contributed by atoms with Crippen molar-refractivity contribution in [3.05, 3.63) is 65.4 Å². The minimum atomic E-state index is -2.46. The van der Waals surface area contributed by atoms with Gasteiger partial charge in [-0.15, -0.1) is 0 Å². The molecule has 0 saturated carbocycles. The number of rotatable bonds is 8. The molecule has 1 heterocycles. The fourth-order valence-electron chi connectivity index (χ4n) is 2.64. The highest BCUT2D eigenvalue weighted by Gasteiger charge is 2.12. The Morgan fingerprint density at radius 1 is 1.24 bits per heavy atom. The fourth-order valence-corrected chi connectivity index (χ4v) is 3.32. The second kappa shape index (κ2) is 9.73. The lowest BCUT2D eigenvalue weighted by Gasteiger charge is -2.11. The number of nitrogens with one attached hydrogen (secondary N) is 2. The van der Waals surface area contributed by atoms with Crippen molar-refractivity contribution in [2.45, 2.75) is 17.7 Å². The first kappa shape index (κ1) is 21.1.